The summed E-state index contributed by atoms with van der Waals surface area (Å²) in [6.45, 7) is 1.14. The Morgan fingerprint density at radius 3 is 2.30 bits per heavy atom. The number of hydrogen-bond donors (Lipinski definition) is 1. The molecule has 23 heavy (non-hydrogen) atoms. The molecule has 0 spiro atoms. The van der Waals surface area contributed by atoms with E-state index in [1.807, 2.05) is 0 Å². The second-order valence-electron chi connectivity index (χ2n) is 5.19. The number of benzene rings is 1. The molecule has 1 aromatic carbocycles. The van der Waals surface area contributed by atoms with Gasteiger partial charge in [-0.3, -0.25) is 4.79 Å². The average Bonchev–Trinajstić information content (AvgIpc) is 3.19. The minimum Gasteiger partial charge on any atom is -0.321 e. The van der Waals surface area contributed by atoms with Gasteiger partial charge < -0.3 is 5.32 Å². The highest BCUT2D eigenvalue weighted by atomic mass is 35.5. The topological polar surface area (TPSA) is 66.5 Å². The second kappa shape index (κ2) is 6.60. The summed E-state index contributed by atoms with van der Waals surface area (Å²) < 4.78 is 26.9. The van der Waals surface area contributed by atoms with Crippen molar-refractivity contribution in [3.8, 4) is 0 Å². The van der Waals surface area contributed by atoms with Crippen LogP contribution in [-0.2, 0) is 10.0 Å². The summed E-state index contributed by atoms with van der Waals surface area (Å²) in [5.74, 6) is -0.267. The predicted octanol–water partition coefficient (Wildman–Crippen LogP) is 3.44. The van der Waals surface area contributed by atoms with Crippen molar-refractivity contribution in [2.75, 3.05) is 18.4 Å². The molecular formula is C15H15ClN2O3S2. The number of amides is 1. The molecule has 1 aliphatic heterocycles. The first-order chi connectivity index (χ1) is 11.0. The quantitative estimate of drug-likeness (QED) is 0.896. The fourth-order valence-electron chi connectivity index (χ4n) is 2.42. The molecule has 0 radical (unpaired) electrons. The fourth-order valence-corrected chi connectivity index (χ4v) is 4.87. The van der Waals surface area contributed by atoms with Crippen molar-refractivity contribution in [3.63, 3.8) is 0 Å². The summed E-state index contributed by atoms with van der Waals surface area (Å²) in [4.78, 5) is 12.8. The molecule has 2 aromatic rings. The normalized spacial score (nSPS) is 15.7. The molecule has 0 bridgehead atoms. The van der Waals surface area contributed by atoms with Crippen molar-refractivity contribution in [2.45, 2.75) is 17.7 Å². The molecule has 0 saturated carbocycles. The van der Waals surface area contributed by atoms with Crippen LogP contribution in [0.5, 0.6) is 0 Å². The van der Waals surface area contributed by atoms with Crippen LogP contribution >= 0.6 is 22.9 Å². The van der Waals surface area contributed by atoms with Crippen molar-refractivity contribution >= 4 is 44.6 Å². The van der Waals surface area contributed by atoms with E-state index in [1.165, 1.54) is 27.8 Å². The van der Waals surface area contributed by atoms with Gasteiger partial charge in [-0.2, -0.15) is 4.31 Å². The summed E-state index contributed by atoms with van der Waals surface area (Å²) >= 11 is 7.00. The van der Waals surface area contributed by atoms with Gasteiger partial charge in [-0.1, -0.05) is 11.6 Å². The molecule has 1 saturated heterocycles. The van der Waals surface area contributed by atoms with Gasteiger partial charge >= 0.3 is 0 Å². The lowest BCUT2D eigenvalue weighted by Gasteiger charge is -2.15. The minimum atomic E-state index is -3.43. The molecule has 1 amide bonds. The van der Waals surface area contributed by atoms with E-state index in [9.17, 15) is 13.2 Å². The highest BCUT2D eigenvalue weighted by Crippen LogP contribution is 2.24. The van der Waals surface area contributed by atoms with Crippen LogP contribution in [0.3, 0.4) is 0 Å². The Morgan fingerprint density at radius 2 is 1.74 bits per heavy atom. The highest BCUT2D eigenvalue weighted by Gasteiger charge is 2.26. The Hall–Kier alpha value is -1.41. The van der Waals surface area contributed by atoms with E-state index in [-0.39, 0.29) is 10.8 Å². The first-order valence-corrected chi connectivity index (χ1v) is 9.77. The van der Waals surface area contributed by atoms with Crippen molar-refractivity contribution in [3.05, 3.63) is 45.6 Å². The number of carbonyl (C=O) groups is 1. The van der Waals surface area contributed by atoms with E-state index in [1.54, 1.807) is 24.3 Å². The number of hydrogen-bond acceptors (Lipinski definition) is 4. The summed E-state index contributed by atoms with van der Waals surface area (Å²) in [6.07, 6.45) is 1.80. The Balaban J connectivity index is 1.73. The van der Waals surface area contributed by atoms with Crippen molar-refractivity contribution < 1.29 is 13.2 Å². The SMILES string of the molecule is O=C(Nc1ccc(S(=O)(=O)N2CCCC2)cc1)c1ccc(Cl)s1. The number of anilines is 1. The van der Waals surface area contributed by atoms with Gasteiger partial charge in [0.2, 0.25) is 10.0 Å². The number of sulfonamides is 1. The summed E-state index contributed by atoms with van der Waals surface area (Å²) in [6, 6.07) is 9.53. The molecule has 2 heterocycles. The van der Waals surface area contributed by atoms with Gasteiger partial charge in [0.25, 0.3) is 5.91 Å². The third-order valence-corrected chi connectivity index (χ3v) is 6.75. The van der Waals surface area contributed by atoms with Gasteiger partial charge in [0.15, 0.2) is 0 Å². The van der Waals surface area contributed by atoms with Gasteiger partial charge in [-0.15, -0.1) is 11.3 Å². The van der Waals surface area contributed by atoms with Crippen LogP contribution in [0.15, 0.2) is 41.3 Å². The molecule has 1 aromatic heterocycles. The van der Waals surface area contributed by atoms with Crippen molar-refractivity contribution in [1.82, 2.24) is 4.31 Å². The third kappa shape index (κ3) is 3.58. The molecule has 3 rings (SSSR count). The van der Waals surface area contributed by atoms with E-state index in [0.29, 0.717) is 28.0 Å². The molecule has 0 aliphatic carbocycles. The molecule has 1 aliphatic rings. The van der Waals surface area contributed by atoms with E-state index < -0.39 is 10.0 Å². The van der Waals surface area contributed by atoms with Gasteiger partial charge in [0, 0.05) is 18.8 Å². The fraction of sp³-hybridized carbons (Fsp3) is 0.267. The highest BCUT2D eigenvalue weighted by molar-refractivity contribution is 7.89. The van der Waals surface area contributed by atoms with Gasteiger partial charge in [-0.05, 0) is 49.2 Å². The van der Waals surface area contributed by atoms with E-state index in [2.05, 4.69) is 5.32 Å². The summed E-state index contributed by atoms with van der Waals surface area (Å²) in [5, 5.41) is 2.72. The van der Waals surface area contributed by atoms with E-state index >= 15 is 0 Å². The zero-order valence-corrected chi connectivity index (χ0v) is 14.5. The Labute approximate surface area is 143 Å². The molecular weight excluding hydrogens is 356 g/mol. The standard InChI is InChI=1S/C15H15ClN2O3S2/c16-14-8-7-13(22-14)15(19)17-11-3-5-12(6-4-11)23(20,21)18-9-1-2-10-18/h3-8H,1-2,9-10H2,(H,17,19). The van der Waals surface area contributed by atoms with Crippen LogP contribution in [-0.4, -0.2) is 31.7 Å². The van der Waals surface area contributed by atoms with Gasteiger partial charge in [-0.25, -0.2) is 8.42 Å². The lowest BCUT2D eigenvalue weighted by Crippen LogP contribution is -2.27. The Kier molecular flexibility index (Phi) is 4.72. The third-order valence-electron chi connectivity index (χ3n) is 3.61. The molecule has 5 nitrogen and oxygen atoms in total. The minimum absolute atomic E-state index is 0.247. The summed E-state index contributed by atoms with van der Waals surface area (Å²) in [7, 11) is -3.43. The maximum Gasteiger partial charge on any atom is 0.265 e. The number of thiophene rings is 1. The smallest absolute Gasteiger partial charge is 0.265 e. The molecule has 0 atom stereocenters. The maximum atomic E-state index is 12.4. The van der Waals surface area contributed by atoms with Crippen LogP contribution in [0, 0.1) is 0 Å². The molecule has 1 N–H and O–H groups in total. The first-order valence-electron chi connectivity index (χ1n) is 7.14. The molecule has 1 fully saturated rings. The number of carbonyl (C=O) groups excluding carboxylic acids is 1. The van der Waals surface area contributed by atoms with Crippen molar-refractivity contribution in [2.24, 2.45) is 0 Å². The lowest BCUT2D eigenvalue weighted by molar-refractivity contribution is 0.103. The molecule has 0 unspecified atom stereocenters. The van der Waals surface area contributed by atoms with Crippen LogP contribution in [0.25, 0.3) is 0 Å². The maximum absolute atomic E-state index is 12.4. The van der Waals surface area contributed by atoms with E-state index in [0.717, 1.165) is 12.8 Å². The number of rotatable bonds is 4. The number of nitrogens with one attached hydrogen (secondary N) is 1. The lowest BCUT2D eigenvalue weighted by atomic mass is 10.3. The van der Waals surface area contributed by atoms with Crippen LogP contribution in [0.2, 0.25) is 4.34 Å². The second-order valence-corrected chi connectivity index (χ2v) is 8.85. The zero-order valence-electron chi connectivity index (χ0n) is 12.2. The Bertz CT molecular complexity index is 810. The van der Waals surface area contributed by atoms with Crippen LogP contribution in [0.4, 0.5) is 5.69 Å². The van der Waals surface area contributed by atoms with Gasteiger partial charge in [0.05, 0.1) is 14.1 Å². The molecule has 8 heteroatoms. The monoisotopic (exact) mass is 370 g/mol. The Morgan fingerprint density at radius 1 is 1.09 bits per heavy atom. The zero-order chi connectivity index (χ0) is 16.4. The number of nitrogens with zero attached hydrogens (tertiary/aromatic N) is 1. The van der Waals surface area contributed by atoms with Gasteiger partial charge in [0.1, 0.15) is 0 Å². The summed E-state index contributed by atoms with van der Waals surface area (Å²) in [5.41, 5.74) is 0.542. The predicted molar refractivity (Wildman–Crippen MR) is 91.7 cm³/mol. The largest absolute Gasteiger partial charge is 0.321 e. The van der Waals surface area contributed by atoms with Crippen molar-refractivity contribution in [1.29, 1.82) is 0 Å². The van der Waals surface area contributed by atoms with Crippen LogP contribution in [0.1, 0.15) is 22.5 Å². The van der Waals surface area contributed by atoms with E-state index in [4.69, 9.17) is 11.6 Å². The molecule has 122 valence electrons. The first kappa shape index (κ1) is 16.4. The average molecular weight is 371 g/mol. The number of halogens is 1. The van der Waals surface area contributed by atoms with Crippen LogP contribution < -0.4 is 5.32 Å².